The summed E-state index contributed by atoms with van der Waals surface area (Å²) in [5, 5.41) is 4.71. The van der Waals surface area contributed by atoms with Gasteiger partial charge in [-0.3, -0.25) is 9.69 Å². The van der Waals surface area contributed by atoms with Gasteiger partial charge in [0.1, 0.15) is 11.7 Å². The molecule has 1 fully saturated rings. The van der Waals surface area contributed by atoms with Crippen LogP contribution in [0.1, 0.15) is 24.1 Å². The van der Waals surface area contributed by atoms with Crippen molar-refractivity contribution < 1.29 is 9.53 Å². The molecule has 2 heterocycles. The maximum atomic E-state index is 13.3. The van der Waals surface area contributed by atoms with Crippen LogP contribution < -0.4 is 15.0 Å². The van der Waals surface area contributed by atoms with Gasteiger partial charge in [-0.05, 0) is 55.9 Å². The fourth-order valence-corrected chi connectivity index (χ4v) is 5.17. The number of nitrogens with zero attached hydrogens (tertiary/aromatic N) is 2. The molecule has 0 saturated carbocycles. The number of nitrogens with one attached hydrogen (secondary N) is 1. The molecule has 2 aromatic rings. The van der Waals surface area contributed by atoms with Crippen LogP contribution in [-0.4, -0.2) is 35.7 Å². The Morgan fingerprint density at radius 1 is 1.28 bits per heavy atom. The van der Waals surface area contributed by atoms with Crippen molar-refractivity contribution in [1.29, 1.82) is 0 Å². The van der Waals surface area contributed by atoms with E-state index in [9.17, 15) is 4.79 Å². The summed E-state index contributed by atoms with van der Waals surface area (Å²) < 4.78 is 6.50. The number of hydrogen-bond acceptors (Lipinski definition) is 3. The third-order valence-corrected chi connectivity index (χ3v) is 6.28. The Morgan fingerprint density at radius 2 is 2.00 bits per heavy atom. The van der Waals surface area contributed by atoms with Gasteiger partial charge in [-0.15, -0.1) is 0 Å². The zero-order chi connectivity index (χ0) is 21.1. The number of rotatable bonds is 2. The standard InChI is InChI=1S/C21H21Cl2N3O2S/c1-11-6-5-7-13(8-11)26-20(29)24-17-14-9-12(22)10-15(23)18(14)28-21(26,2)16(17)19(27)25(3)4/h5-10,16-17H,1-4H3,(H,24,29)/t16-,17+,21+/m1/s1. The molecule has 1 N–H and O–H groups in total. The number of halogens is 2. The van der Waals surface area contributed by atoms with E-state index in [0.717, 1.165) is 16.8 Å². The van der Waals surface area contributed by atoms with Crippen LogP contribution in [0.4, 0.5) is 5.69 Å². The number of hydrogen-bond donors (Lipinski definition) is 1. The van der Waals surface area contributed by atoms with Gasteiger partial charge in [-0.25, -0.2) is 0 Å². The van der Waals surface area contributed by atoms with Gasteiger partial charge < -0.3 is 15.0 Å². The van der Waals surface area contributed by atoms with E-state index in [1.54, 1.807) is 31.1 Å². The molecule has 0 aromatic heterocycles. The topological polar surface area (TPSA) is 44.8 Å². The van der Waals surface area contributed by atoms with E-state index in [1.165, 1.54) is 0 Å². The van der Waals surface area contributed by atoms with Crippen molar-refractivity contribution in [3.05, 3.63) is 57.6 Å². The minimum atomic E-state index is -1.08. The summed E-state index contributed by atoms with van der Waals surface area (Å²) in [6.45, 7) is 3.89. The number of amides is 1. The van der Waals surface area contributed by atoms with Crippen molar-refractivity contribution in [2.45, 2.75) is 25.6 Å². The highest BCUT2D eigenvalue weighted by Crippen LogP contribution is 2.52. The number of aryl methyl sites for hydroxylation is 1. The van der Waals surface area contributed by atoms with E-state index in [2.05, 4.69) is 5.32 Å². The summed E-state index contributed by atoms with van der Waals surface area (Å²) in [5.41, 5.74) is 1.57. The first-order chi connectivity index (χ1) is 13.6. The quantitative estimate of drug-likeness (QED) is 0.681. The van der Waals surface area contributed by atoms with Crippen LogP contribution in [0, 0.1) is 12.8 Å². The molecule has 1 amide bonds. The van der Waals surface area contributed by atoms with Gasteiger partial charge in [0, 0.05) is 30.4 Å². The molecule has 4 rings (SSSR count). The highest BCUT2D eigenvalue weighted by atomic mass is 35.5. The number of benzene rings is 2. The largest absolute Gasteiger partial charge is 0.465 e. The van der Waals surface area contributed by atoms with Crippen molar-refractivity contribution in [2.75, 3.05) is 19.0 Å². The monoisotopic (exact) mass is 449 g/mol. The van der Waals surface area contributed by atoms with Crippen LogP contribution in [0.15, 0.2) is 36.4 Å². The minimum absolute atomic E-state index is 0.0769. The highest BCUT2D eigenvalue weighted by molar-refractivity contribution is 7.80. The number of carbonyl (C=O) groups is 1. The zero-order valence-corrected chi connectivity index (χ0v) is 18.8. The molecule has 3 atom stereocenters. The summed E-state index contributed by atoms with van der Waals surface area (Å²) in [7, 11) is 3.47. The Labute approximate surface area is 185 Å². The lowest BCUT2D eigenvalue weighted by Crippen LogP contribution is -2.72. The fourth-order valence-electron chi connectivity index (χ4n) is 4.21. The smallest absolute Gasteiger partial charge is 0.233 e. The zero-order valence-electron chi connectivity index (χ0n) is 16.5. The molecule has 152 valence electrons. The summed E-state index contributed by atoms with van der Waals surface area (Å²) >= 11 is 18.5. The lowest BCUT2D eigenvalue weighted by atomic mass is 9.78. The Morgan fingerprint density at radius 3 is 2.66 bits per heavy atom. The first-order valence-corrected chi connectivity index (χ1v) is 10.4. The number of anilines is 1. The van der Waals surface area contributed by atoms with Crippen LogP contribution in [0.5, 0.6) is 5.75 Å². The molecule has 2 aliphatic heterocycles. The number of carbonyl (C=O) groups excluding carboxylic acids is 1. The average molecular weight is 450 g/mol. The molecule has 2 bridgehead atoms. The maximum Gasteiger partial charge on any atom is 0.233 e. The molecule has 2 aromatic carbocycles. The van der Waals surface area contributed by atoms with E-state index in [1.807, 2.05) is 43.0 Å². The normalized spacial score (nSPS) is 25.0. The summed E-state index contributed by atoms with van der Waals surface area (Å²) in [6.07, 6.45) is 0. The maximum absolute atomic E-state index is 13.3. The Kier molecular flexibility index (Phi) is 4.92. The van der Waals surface area contributed by atoms with E-state index in [0.29, 0.717) is 20.9 Å². The molecule has 2 aliphatic rings. The molecule has 5 nitrogen and oxygen atoms in total. The molecule has 0 unspecified atom stereocenters. The first-order valence-electron chi connectivity index (χ1n) is 9.20. The predicted molar refractivity (Wildman–Crippen MR) is 120 cm³/mol. The summed E-state index contributed by atoms with van der Waals surface area (Å²) in [4.78, 5) is 16.8. The predicted octanol–water partition coefficient (Wildman–Crippen LogP) is 4.55. The highest BCUT2D eigenvalue weighted by Gasteiger charge is 2.59. The SMILES string of the molecule is Cc1cccc(N2C(=S)N[C@H]3c4cc(Cl)cc(Cl)c4O[C@@]2(C)[C@H]3C(=O)N(C)C)c1. The molecule has 0 radical (unpaired) electrons. The van der Waals surface area contributed by atoms with Crippen molar-refractivity contribution in [1.82, 2.24) is 10.2 Å². The van der Waals surface area contributed by atoms with Gasteiger partial charge in [0.15, 0.2) is 10.8 Å². The van der Waals surface area contributed by atoms with Crippen LogP contribution in [0.2, 0.25) is 10.0 Å². The van der Waals surface area contributed by atoms with Gasteiger partial charge in [0.25, 0.3) is 0 Å². The van der Waals surface area contributed by atoms with Crippen molar-refractivity contribution in [3.8, 4) is 5.75 Å². The number of ether oxygens (including phenoxy) is 1. The molecule has 29 heavy (non-hydrogen) atoms. The van der Waals surface area contributed by atoms with Crippen molar-refractivity contribution >= 4 is 52.1 Å². The average Bonchev–Trinajstić information content (AvgIpc) is 2.62. The van der Waals surface area contributed by atoms with Gasteiger partial charge >= 0.3 is 0 Å². The molecular weight excluding hydrogens is 429 g/mol. The van der Waals surface area contributed by atoms with Crippen molar-refractivity contribution in [3.63, 3.8) is 0 Å². The van der Waals surface area contributed by atoms with E-state index in [-0.39, 0.29) is 5.91 Å². The number of thiocarbonyl (C=S) groups is 1. The fraction of sp³-hybridized carbons (Fsp3) is 0.333. The van der Waals surface area contributed by atoms with E-state index < -0.39 is 17.7 Å². The van der Waals surface area contributed by atoms with Crippen LogP contribution in [0.25, 0.3) is 0 Å². The first kappa shape index (κ1) is 20.3. The van der Waals surface area contributed by atoms with Gasteiger partial charge in [-0.1, -0.05) is 35.3 Å². The number of fused-ring (bicyclic) bond motifs is 4. The van der Waals surface area contributed by atoms with E-state index >= 15 is 0 Å². The lowest BCUT2D eigenvalue weighted by molar-refractivity contribution is -0.144. The molecule has 8 heteroatoms. The molecular formula is C21H21Cl2N3O2S. The van der Waals surface area contributed by atoms with Gasteiger partial charge in [-0.2, -0.15) is 0 Å². The second kappa shape index (κ2) is 7.04. The van der Waals surface area contributed by atoms with Crippen molar-refractivity contribution in [2.24, 2.45) is 5.92 Å². The van der Waals surface area contributed by atoms with Gasteiger partial charge in [0.05, 0.1) is 11.1 Å². The van der Waals surface area contributed by atoms with Crippen LogP contribution in [-0.2, 0) is 4.79 Å². The Balaban J connectivity index is 1.96. The summed E-state index contributed by atoms with van der Waals surface area (Å²) in [5.74, 6) is -0.141. The molecule has 0 aliphatic carbocycles. The third kappa shape index (κ3) is 3.14. The molecule has 0 spiro atoms. The van der Waals surface area contributed by atoms with Crippen LogP contribution in [0.3, 0.4) is 0 Å². The van der Waals surface area contributed by atoms with E-state index in [4.69, 9.17) is 40.2 Å². The molecule has 1 saturated heterocycles. The Hall–Kier alpha value is -2.02. The minimum Gasteiger partial charge on any atom is -0.465 e. The second-order valence-electron chi connectivity index (χ2n) is 7.77. The van der Waals surface area contributed by atoms with Gasteiger partial charge in [0.2, 0.25) is 5.91 Å². The summed E-state index contributed by atoms with van der Waals surface area (Å²) in [6, 6.07) is 10.9. The van der Waals surface area contributed by atoms with Crippen LogP contribution >= 0.6 is 35.4 Å². The second-order valence-corrected chi connectivity index (χ2v) is 9.00. The Bertz CT molecular complexity index is 1030. The third-order valence-electron chi connectivity index (χ3n) is 5.48. The lowest BCUT2D eigenvalue weighted by Gasteiger charge is -2.56.